The number of rotatable bonds is 5. The van der Waals surface area contributed by atoms with Crippen molar-refractivity contribution in [3.8, 4) is 0 Å². The topological polar surface area (TPSA) is 90.5 Å². The number of carboxylic acid groups (broad SMARTS) is 1. The molecular formula is C15H21N3O3. The number of benzene rings is 1. The second kappa shape index (κ2) is 7.64. The third kappa shape index (κ3) is 5.07. The highest BCUT2D eigenvalue weighted by Crippen LogP contribution is 2.09. The van der Waals surface area contributed by atoms with Gasteiger partial charge in [0.15, 0.2) is 0 Å². The van der Waals surface area contributed by atoms with Gasteiger partial charge in [0.05, 0.1) is 6.42 Å². The van der Waals surface area contributed by atoms with E-state index in [4.69, 9.17) is 5.11 Å². The second-order valence-electron chi connectivity index (χ2n) is 5.19. The van der Waals surface area contributed by atoms with E-state index >= 15 is 0 Å². The Morgan fingerprint density at radius 1 is 1.19 bits per heavy atom. The van der Waals surface area contributed by atoms with Crippen molar-refractivity contribution in [3.63, 3.8) is 0 Å². The maximum Gasteiger partial charge on any atom is 0.315 e. The molecule has 0 radical (unpaired) electrons. The molecule has 114 valence electrons. The Labute approximate surface area is 123 Å². The Balaban J connectivity index is 1.84. The summed E-state index contributed by atoms with van der Waals surface area (Å²) < 4.78 is 0. The van der Waals surface area contributed by atoms with Crippen LogP contribution in [0.2, 0.25) is 0 Å². The zero-order valence-corrected chi connectivity index (χ0v) is 11.9. The molecule has 1 aliphatic heterocycles. The molecule has 0 unspecified atom stereocenters. The van der Waals surface area contributed by atoms with E-state index in [2.05, 4.69) is 16.0 Å². The summed E-state index contributed by atoms with van der Waals surface area (Å²) in [5.41, 5.74) is 1.56. The first kappa shape index (κ1) is 15.3. The van der Waals surface area contributed by atoms with Crippen molar-refractivity contribution >= 4 is 12.0 Å². The van der Waals surface area contributed by atoms with Crippen LogP contribution in [0, 0.1) is 0 Å². The summed E-state index contributed by atoms with van der Waals surface area (Å²) >= 11 is 0. The molecule has 1 saturated heterocycles. The average Bonchev–Trinajstić information content (AvgIpc) is 2.47. The SMILES string of the molecule is O=C(O)Cc1ccccc1CNC(=O)NC1CCNCC1. The molecule has 1 heterocycles. The number of piperidine rings is 1. The van der Waals surface area contributed by atoms with Crippen LogP contribution in [-0.2, 0) is 17.8 Å². The van der Waals surface area contributed by atoms with Crippen LogP contribution in [0.3, 0.4) is 0 Å². The number of carbonyl (C=O) groups is 2. The molecule has 21 heavy (non-hydrogen) atoms. The van der Waals surface area contributed by atoms with E-state index in [1.54, 1.807) is 12.1 Å². The molecule has 1 aromatic rings. The molecular weight excluding hydrogens is 270 g/mol. The normalized spacial score (nSPS) is 15.4. The Bertz CT molecular complexity index is 499. The molecule has 6 heteroatoms. The van der Waals surface area contributed by atoms with E-state index in [0.717, 1.165) is 37.1 Å². The van der Waals surface area contributed by atoms with Crippen molar-refractivity contribution in [3.05, 3.63) is 35.4 Å². The first-order valence-electron chi connectivity index (χ1n) is 7.19. The fourth-order valence-electron chi connectivity index (χ4n) is 2.44. The largest absolute Gasteiger partial charge is 0.481 e. The molecule has 1 fully saturated rings. The van der Waals surface area contributed by atoms with Gasteiger partial charge in [0.25, 0.3) is 0 Å². The van der Waals surface area contributed by atoms with Crippen LogP contribution in [0.25, 0.3) is 0 Å². The Hall–Kier alpha value is -2.08. The number of amides is 2. The number of carboxylic acids is 1. The van der Waals surface area contributed by atoms with E-state index in [0.29, 0.717) is 6.54 Å². The number of nitrogens with one attached hydrogen (secondary N) is 3. The van der Waals surface area contributed by atoms with Crippen molar-refractivity contribution in [2.75, 3.05) is 13.1 Å². The molecule has 0 bridgehead atoms. The Morgan fingerprint density at radius 2 is 1.86 bits per heavy atom. The lowest BCUT2D eigenvalue weighted by Crippen LogP contribution is -2.46. The number of hydrogen-bond donors (Lipinski definition) is 4. The summed E-state index contributed by atoms with van der Waals surface area (Å²) in [7, 11) is 0. The molecule has 2 rings (SSSR count). The fourth-order valence-corrected chi connectivity index (χ4v) is 2.44. The lowest BCUT2D eigenvalue weighted by molar-refractivity contribution is -0.136. The molecule has 6 nitrogen and oxygen atoms in total. The van der Waals surface area contributed by atoms with E-state index < -0.39 is 5.97 Å². The first-order chi connectivity index (χ1) is 10.1. The zero-order valence-electron chi connectivity index (χ0n) is 11.9. The van der Waals surface area contributed by atoms with Crippen LogP contribution in [0.1, 0.15) is 24.0 Å². The summed E-state index contributed by atoms with van der Waals surface area (Å²) in [6, 6.07) is 7.26. The maximum atomic E-state index is 11.9. The molecule has 0 spiro atoms. The van der Waals surface area contributed by atoms with Gasteiger partial charge in [-0.25, -0.2) is 4.79 Å². The minimum atomic E-state index is -0.874. The van der Waals surface area contributed by atoms with E-state index in [-0.39, 0.29) is 18.5 Å². The summed E-state index contributed by atoms with van der Waals surface area (Å²) in [4.78, 5) is 22.7. The molecule has 0 atom stereocenters. The van der Waals surface area contributed by atoms with Gasteiger partial charge in [-0.05, 0) is 37.1 Å². The highest BCUT2D eigenvalue weighted by atomic mass is 16.4. The van der Waals surface area contributed by atoms with Gasteiger partial charge in [-0.3, -0.25) is 4.79 Å². The van der Waals surface area contributed by atoms with Crippen LogP contribution in [0.5, 0.6) is 0 Å². The highest BCUT2D eigenvalue weighted by Gasteiger charge is 2.15. The number of carbonyl (C=O) groups excluding carboxylic acids is 1. The van der Waals surface area contributed by atoms with Crippen LogP contribution < -0.4 is 16.0 Å². The van der Waals surface area contributed by atoms with Crippen molar-refractivity contribution in [2.24, 2.45) is 0 Å². The molecule has 2 amide bonds. The molecule has 0 saturated carbocycles. The lowest BCUT2D eigenvalue weighted by atomic mass is 10.0. The average molecular weight is 291 g/mol. The van der Waals surface area contributed by atoms with Gasteiger partial charge < -0.3 is 21.1 Å². The minimum Gasteiger partial charge on any atom is -0.481 e. The molecule has 0 aromatic heterocycles. The molecule has 4 N–H and O–H groups in total. The lowest BCUT2D eigenvalue weighted by Gasteiger charge is -2.23. The van der Waals surface area contributed by atoms with Crippen LogP contribution in [0.15, 0.2) is 24.3 Å². The number of hydrogen-bond acceptors (Lipinski definition) is 3. The fraction of sp³-hybridized carbons (Fsp3) is 0.467. The van der Waals surface area contributed by atoms with Crippen LogP contribution in [0.4, 0.5) is 4.79 Å². The third-order valence-corrected chi connectivity index (χ3v) is 3.57. The van der Waals surface area contributed by atoms with Gasteiger partial charge in [0.1, 0.15) is 0 Å². The van der Waals surface area contributed by atoms with E-state index in [1.807, 2.05) is 12.1 Å². The summed E-state index contributed by atoms with van der Waals surface area (Å²) in [5, 5.41) is 17.9. The Morgan fingerprint density at radius 3 is 2.52 bits per heavy atom. The minimum absolute atomic E-state index is 0.0340. The van der Waals surface area contributed by atoms with Gasteiger partial charge in [-0.2, -0.15) is 0 Å². The van der Waals surface area contributed by atoms with Crippen molar-refractivity contribution in [1.82, 2.24) is 16.0 Å². The van der Waals surface area contributed by atoms with Gasteiger partial charge in [-0.15, -0.1) is 0 Å². The number of aliphatic carboxylic acids is 1. The van der Waals surface area contributed by atoms with Gasteiger partial charge in [0.2, 0.25) is 0 Å². The van der Waals surface area contributed by atoms with Gasteiger partial charge in [-0.1, -0.05) is 24.3 Å². The van der Waals surface area contributed by atoms with E-state index in [9.17, 15) is 9.59 Å². The second-order valence-corrected chi connectivity index (χ2v) is 5.19. The van der Waals surface area contributed by atoms with Gasteiger partial charge >= 0.3 is 12.0 Å². The number of urea groups is 1. The quantitative estimate of drug-likeness (QED) is 0.648. The summed E-state index contributed by atoms with van der Waals surface area (Å²) in [5.74, 6) is -0.874. The van der Waals surface area contributed by atoms with Crippen molar-refractivity contribution in [2.45, 2.75) is 31.8 Å². The predicted octanol–water partition coefficient (Wildman–Crippen LogP) is 0.865. The predicted molar refractivity (Wildman–Crippen MR) is 79.0 cm³/mol. The van der Waals surface area contributed by atoms with E-state index in [1.165, 1.54) is 0 Å². The maximum absolute atomic E-state index is 11.9. The standard InChI is InChI=1S/C15H21N3O3/c19-14(20)9-11-3-1-2-4-12(11)10-17-15(21)18-13-5-7-16-8-6-13/h1-4,13,16H,5-10H2,(H,19,20)(H2,17,18,21). The zero-order chi connectivity index (χ0) is 15.1. The summed E-state index contributed by atoms with van der Waals surface area (Å²) in [6.07, 6.45) is 1.83. The molecule has 0 aliphatic carbocycles. The molecule has 1 aliphatic rings. The van der Waals surface area contributed by atoms with Crippen LogP contribution >= 0.6 is 0 Å². The summed E-state index contributed by atoms with van der Waals surface area (Å²) in [6.45, 7) is 2.18. The third-order valence-electron chi connectivity index (χ3n) is 3.57. The van der Waals surface area contributed by atoms with Crippen molar-refractivity contribution < 1.29 is 14.7 Å². The van der Waals surface area contributed by atoms with Crippen LogP contribution in [-0.4, -0.2) is 36.2 Å². The monoisotopic (exact) mass is 291 g/mol. The first-order valence-corrected chi connectivity index (χ1v) is 7.19. The van der Waals surface area contributed by atoms with Gasteiger partial charge in [0, 0.05) is 12.6 Å². The Kier molecular flexibility index (Phi) is 5.57. The van der Waals surface area contributed by atoms with Crippen molar-refractivity contribution in [1.29, 1.82) is 0 Å². The molecule has 1 aromatic carbocycles. The smallest absolute Gasteiger partial charge is 0.315 e. The highest BCUT2D eigenvalue weighted by molar-refractivity contribution is 5.74.